The Hall–Kier alpha value is -3.23. The standard InChI is InChI=1S/C24H25ClN4O4/c1-15(26-21(30)14-20-18-4-2-3-5-19(18)22(31)28-27-20)23(32)29-12-10-24(33,11-13-29)16-6-8-17(25)9-7-16/h2-9,15,33H,10-14H2,1H3,(H,26,30)(H,28,31)/t15-/m1/s1. The molecule has 0 saturated carbocycles. The summed E-state index contributed by atoms with van der Waals surface area (Å²) in [6.07, 6.45) is 0.730. The van der Waals surface area contributed by atoms with Gasteiger partial charge in [0.25, 0.3) is 5.56 Å². The first-order valence-corrected chi connectivity index (χ1v) is 11.2. The zero-order valence-corrected chi connectivity index (χ0v) is 18.9. The Morgan fingerprint density at radius 2 is 1.79 bits per heavy atom. The second-order valence-electron chi connectivity index (χ2n) is 8.37. The van der Waals surface area contributed by atoms with E-state index in [1.807, 2.05) is 0 Å². The van der Waals surface area contributed by atoms with Crippen LogP contribution in [-0.2, 0) is 21.6 Å². The molecule has 0 radical (unpaired) electrons. The summed E-state index contributed by atoms with van der Waals surface area (Å²) in [6, 6.07) is 13.3. The van der Waals surface area contributed by atoms with E-state index in [1.54, 1.807) is 60.4 Å². The lowest BCUT2D eigenvalue weighted by Gasteiger charge is -2.39. The summed E-state index contributed by atoms with van der Waals surface area (Å²) < 4.78 is 0. The van der Waals surface area contributed by atoms with Crippen molar-refractivity contribution < 1.29 is 14.7 Å². The van der Waals surface area contributed by atoms with Gasteiger partial charge in [0.1, 0.15) is 6.04 Å². The molecule has 1 aromatic heterocycles. The van der Waals surface area contributed by atoms with Crippen LogP contribution in [0.25, 0.3) is 10.8 Å². The molecule has 1 fully saturated rings. The molecule has 0 spiro atoms. The van der Waals surface area contributed by atoms with Crippen molar-refractivity contribution in [2.24, 2.45) is 0 Å². The van der Waals surface area contributed by atoms with Gasteiger partial charge in [-0.1, -0.05) is 41.9 Å². The van der Waals surface area contributed by atoms with Crippen molar-refractivity contribution in [1.82, 2.24) is 20.4 Å². The number of rotatable bonds is 5. The monoisotopic (exact) mass is 468 g/mol. The molecule has 1 saturated heterocycles. The van der Waals surface area contributed by atoms with Gasteiger partial charge in [-0.25, -0.2) is 5.10 Å². The predicted octanol–water partition coefficient (Wildman–Crippen LogP) is 2.13. The van der Waals surface area contributed by atoms with E-state index in [1.165, 1.54) is 0 Å². The summed E-state index contributed by atoms with van der Waals surface area (Å²) >= 11 is 5.94. The lowest BCUT2D eigenvalue weighted by atomic mass is 9.84. The highest BCUT2D eigenvalue weighted by atomic mass is 35.5. The van der Waals surface area contributed by atoms with Crippen LogP contribution in [0.2, 0.25) is 5.02 Å². The highest BCUT2D eigenvalue weighted by Crippen LogP contribution is 2.33. The smallest absolute Gasteiger partial charge is 0.272 e. The zero-order chi connectivity index (χ0) is 23.6. The number of fused-ring (bicyclic) bond motifs is 1. The Labute approximate surface area is 195 Å². The molecule has 0 bridgehead atoms. The van der Waals surface area contributed by atoms with Crippen LogP contribution in [-0.4, -0.2) is 51.1 Å². The number of carbonyl (C=O) groups excluding carboxylic acids is 2. The molecule has 3 aromatic rings. The third-order valence-electron chi connectivity index (χ3n) is 6.13. The van der Waals surface area contributed by atoms with Crippen LogP contribution in [0.1, 0.15) is 31.0 Å². The first-order valence-electron chi connectivity index (χ1n) is 10.8. The first-order chi connectivity index (χ1) is 15.8. The van der Waals surface area contributed by atoms with Gasteiger partial charge in [0.15, 0.2) is 0 Å². The molecular formula is C24H25ClN4O4. The fraction of sp³-hybridized carbons (Fsp3) is 0.333. The van der Waals surface area contributed by atoms with Crippen molar-refractivity contribution >= 4 is 34.2 Å². The summed E-state index contributed by atoms with van der Waals surface area (Å²) in [6.45, 7) is 2.40. The number of aromatic amines is 1. The van der Waals surface area contributed by atoms with Gasteiger partial charge in [-0.3, -0.25) is 14.4 Å². The van der Waals surface area contributed by atoms with E-state index in [0.29, 0.717) is 47.4 Å². The van der Waals surface area contributed by atoms with Gasteiger partial charge in [-0.05, 0) is 43.5 Å². The number of halogens is 1. The summed E-state index contributed by atoms with van der Waals surface area (Å²) in [5.74, 6) is -0.573. The van der Waals surface area contributed by atoms with Crippen molar-refractivity contribution in [2.75, 3.05) is 13.1 Å². The van der Waals surface area contributed by atoms with E-state index >= 15 is 0 Å². The Morgan fingerprint density at radius 3 is 2.45 bits per heavy atom. The fourth-order valence-electron chi connectivity index (χ4n) is 4.23. The minimum Gasteiger partial charge on any atom is -0.385 e. The molecule has 1 aliphatic rings. The molecule has 2 aromatic carbocycles. The minimum atomic E-state index is -1.01. The molecule has 172 valence electrons. The molecule has 2 amide bonds. The average molecular weight is 469 g/mol. The lowest BCUT2D eigenvalue weighted by Crippen LogP contribution is -2.52. The number of nitrogens with zero attached hydrogens (tertiary/aromatic N) is 2. The molecule has 9 heteroatoms. The van der Waals surface area contributed by atoms with Crippen LogP contribution >= 0.6 is 11.6 Å². The van der Waals surface area contributed by atoms with E-state index in [-0.39, 0.29) is 23.8 Å². The molecule has 1 aliphatic heterocycles. The van der Waals surface area contributed by atoms with Crippen molar-refractivity contribution in [3.8, 4) is 0 Å². The number of hydrogen-bond donors (Lipinski definition) is 3. The SMILES string of the molecule is C[C@@H](NC(=O)Cc1n[nH]c(=O)c2ccccc12)C(=O)N1CCC(O)(c2ccc(Cl)cc2)CC1. The van der Waals surface area contributed by atoms with Crippen LogP contribution in [0.5, 0.6) is 0 Å². The number of H-pyrrole nitrogens is 1. The summed E-state index contributed by atoms with van der Waals surface area (Å²) in [7, 11) is 0. The number of aliphatic hydroxyl groups is 1. The zero-order valence-electron chi connectivity index (χ0n) is 18.2. The van der Waals surface area contributed by atoms with E-state index in [9.17, 15) is 19.5 Å². The summed E-state index contributed by atoms with van der Waals surface area (Å²) in [5, 5.41) is 21.8. The van der Waals surface area contributed by atoms with E-state index < -0.39 is 11.6 Å². The molecule has 0 unspecified atom stereocenters. The molecule has 4 rings (SSSR count). The van der Waals surface area contributed by atoms with Crippen LogP contribution < -0.4 is 10.9 Å². The maximum Gasteiger partial charge on any atom is 0.272 e. The number of aromatic nitrogens is 2. The van der Waals surface area contributed by atoms with Gasteiger partial charge in [0.05, 0.1) is 23.1 Å². The topological polar surface area (TPSA) is 115 Å². The Bertz CT molecular complexity index is 1230. The number of benzene rings is 2. The first kappa shape index (κ1) is 22.9. The van der Waals surface area contributed by atoms with Crippen molar-refractivity contribution in [2.45, 2.75) is 37.8 Å². The minimum absolute atomic E-state index is 0.0643. The van der Waals surface area contributed by atoms with Gasteiger partial charge in [0, 0.05) is 23.5 Å². The van der Waals surface area contributed by atoms with Gasteiger partial charge in [0.2, 0.25) is 11.8 Å². The van der Waals surface area contributed by atoms with Crippen molar-refractivity contribution in [3.05, 3.63) is 75.2 Å². The van der Waals surface area contributed by atoms with Crippen LogP contribution in [0.3, 0.4) is 0 Å². The summed E-state index contributed by atoms with van der Waals surface area (Å²) in [4.78, 5) is 39.0. The van der Waals surface area contributed by atoms with Gasteiger partial charge in [-0.15, -0.1) is 0 Å². The Morgan fingerprint density at radius 1 is 1.15 bits per heavy atom. The van der Waals surface area contributed by atoms with Gasteiger partial charge in [-0.2, -0.15) is 5.10 Å². The van der Waals surface area contributed by atoms with Crippen molar-refractivity contribution in [3.63, 3.8) is 0 Å². The quantitative estimate of drug-likeness (QED) is 0.530. The highest BCUT2D eigenvalue weighted by molar-refractivity contribution is 6.30. The van der Waals surface area contributed by atoms with Crippen molar-refractivity contribution in [1.29, 1.82) is 0 Å². The van der Waals surface area contributed by atoms with Gasteiger partial charge >= 0.3 is 0 Å². The normalized spacial score (nSPS) is 16.4. The van der Waals surface area contributed by atoms with Gasteiger partial charge < -0.3 is 15.3 Å². The van der Waals surface area contributed by atoms with Crippen LogP contribution in [0.4, 0.5) is 0 Å². The number of carbonyl (C=O) groups is 2. The Balaban J connectivity index is 1.35. The number of amides is 2. The largest absolute Gasteiger partial charge is 0.385 e. The Kier molecular flexibility index (Phi) is 6.49. The highest BCUT2D eigenvalue weighted by Gasteiger charge is 2.36. The second kappa shape index (κ2) is 9.33. The average Bonchev–Trinajstić information content (AvgIpc) is 2.81. The van der Waals surface area contributed by atoms with Crippen LogP contribution in [0.15, 0.2) is 53.3 Å². The maximum absolute atomic E-state index is 12.9. The van der Waals surface area contributed by atoms with Crippen LogP contribution in [0, 0.1) is 0 Å². The molecule has 0 aliphatic carbocycles. The molecule has 1 atom stereocenters. The third kappa shape index (κ3) is 4.91. The predicted molar refractivity (Wildman–Crippen MR) is 125 cm³/mol. The van der Waals surface area contributed by atoms with E-state index in [2.05, 4.69) is 15.5 Å². The molecule has 2 heterocycles. The maximum atomic E-state index is 12.9. The number of hydrogen-bond acceptors (Lipinski definition) is 5. The second-order valence-corrected chi connectivity index (χ2v) is 8.81. The molecule has 8 nitrogen and oxygen atoms in total. The number of nitrogens with one attached hydrogen (secondary N) is 2. The lowest BCUT2D eigenvalue weighted by molar-refractivity contribution is -0.139. The number of piperidine rings is 1. The molecule has 33 heavy (non-hydrogen) atoms. The van der Waals surface area contributed by atoms with E-state index in [0.717, 1.165) is 5.56 Å². The molecule has 3 N–H and O–H groups in total. The fourth-order valence-corrected chi connectivity index (χ4v) is 4.36. The summed E-state index contributed by atoms with van der Waals surface area (Å²) in [5.41, 5.74) is -0.110. The number of likely N-dealkylation sites (tertiary alicyclic amines) is 1. The molecular weight excluding hydrogens is 444 g/mol. The third-order valence-corrected chi connectivity index (χ3v) is 6.39. The van der Waals surface area contributed by atoms with E-state index in [4.69, 9.17) is 11.6 Å².